The van der Waals surface area contributed by atoms with E-state index in [1.165, 1.54) is 65.4 Å². The number of thiol groups is 4. The SMILES string of the molecule is [NH3+]CCN1CC[NH2+]CC1.[NH3+]CCN1CC[NH2+]CC1.[SH-].[SH-].[SH-].[SH-].[S]1[Ge][S][Ge]1. The van der Waals surface area contributed by atoms with Gasteiger partial charge in [0.2, 0.25) is 0 Å². The summed E-state index contributed by atoms with van der Waals surface area (Å²) in [6.07, 6.45) is 0. The zero-order chi connectivity index (χ0) is 15.9. The van der Waals surface area contributed by atoms with Gasteiger partial charge in [0.15, 0.2) is 0 Å². The summed E-state index contributed by atoms with van der Waals surface area (Å²) in [5, 5.41) is 4.75. The average Bonchev–Trinajstić information content (AvgIpc) is 2.49. The molecule has 3 rings (SSSR count). The van der Waals surface area contributed by atoms with Crippen LogP contribution in [0, 0.1) is 0 Å². The normalized spacial score (nSPS) is 19.2. The maximum absolute atomic E-state index is 3.83. The predicted molar refractivity (Wildman–Crippen MR) is 133 cm³/mol. The van der Waals surface area contributed by atoms with Gasteiger partial charge < -0.3 is 76.1 Å². The van der Waals surface area contributed by atoms with Gasteiger partial charge in [-0.2, -0.15) is 0 Å². The Bertz CT molecular complexity index is 221. The van der Waals surface area contributed by atoms with Crippen molar-refractivity contribution in [2.24, 2.45) is 0 Å². The molecular formula is C12H38Ge2N6S6. The predicted octanol–water partition coefficient (Wildman–Crippen LogP) is -6.33. The first-order chi connectivity index (χ1) is 10.9. The fraction of sp³-hybridized carbons (Fsp3) is 1.00. The Balaban J connectivity index is -0.000000136. The van der Waals surface area contributed by atoms with Gasteiger partial charge in [-0.05, 0) is 0 Å². The summed E-state index contributed by atoms with van der Waals surface area (Å²) >= 11 is 1.17. The third-order valence-electron chi connectivity index (χ3n) is 3.71. The van der Waals surface area contributed by atoms with E-state index in [1.54, 1.807) is 0 Å². The van der Waals surface area contributed by atoms with Crippen molar-refractivity contribution >= 4 is 97.1 Å². The third kappa shape index (κ3) is 21.6. The Morgan fingerprint density at radius 2 is 0.923 bits per heavy atom. The van der Waals surface area contributed by atoms with E-state index < -0.39 is 0 Å². The molecule has 0 aromatic heterocycles. The summed E-state index contributed by atoms with van der Waals surface area (Å²) in [6, 6.07) is 0. The number of hydrogen-bond acceptors (Lipinski definition) is 8. The fourth-order valence-corrected chi connectivity index (χ4v) is 12.6. The second-order valence-corrected chi connectivity index (χ2v) is 29.5. The maximum atomic E-state index is 3.83. The molecule has 0 bridgehead atoms. The molecule has 3 aliphatic heterocycles. The van der Waals surface area contributed by atoms with E-state index in [0.29, 0.717) is 26.3 Å². The first-order valence-electron chi connectivity index (χ1n) is 8.35. The van der Waals surface area contributed by atoms with Crippen LogP contribution in [0.15, 0.2) is 0 Å². The van der Waals surface area contributed by atoms with Gasteiger partial charge in [-0.3, -0.25) is 9.80 Å². The molecule has 0 unspecified atom stereocenters. The zero-order valence-corrected chi connectivity index (χ0v) is 25.0. The van der Waals surface area contributed by atoms with Crippen molar-refractivity contribution in [3.63, 3.8) is 0 Å². The van der Waals surface area contributed by atoms with Gasteiger partial charge in [-0.25, -0.2) is 0 Å². The summed E-state index contributed by atoms with van der Waals surface area (Å²) in [5.74, 6) is 0. The first-order valence-corrected chi connectivity index (χ1v) is 20.3. The van der Waals surface area contributed by atoms with E-state index in [1.807, 2.05) is 0 Å². The minimum absolute atomic E-state index is 0. The molecule has 3 fully saturated rings. The van der Waals surface area contributed by atoms with E-state index in [2.05, 4.69) is 48.7 Å². The van der Waals surface area contributed by atoms with Crippen LogP contribution in [-0.4, -0.2) is 115 Å². The summed E-state index contributed by atoms with van der Waals surface area (Å²) in [4.78, 5) is 4.96. The Morgan fingerprint density at radius 1 is 0.654 bits per heavy atom. The number of hydrogen-bond donors (Lipinski definition) is 4. The van der Waals surface area contributed by atoms with Crippen molar-refractivity contribution in [3.8, 4) is 0 Å². The second-order valence-electron chi connectivity index (χ2n) is 5.49. The molecule has 0 aromatic rings. The van der Waals surface area contributed by atoms with Crippen molar-refractivity contribution in [3.05, 3.63) is 0 Å². The molecular weight excluding hydrogens is 566 g/mol. The summed E-state index contributed by atoms with van der Waals surface area (Å²) in [5.41, 5.74) is 7.66. The topological polar surface area (TPSA) is 95.0 Å². The summed E-state index contributed by atoms with van der Waals surface area (Å²) < 4.78 is 0. The van der Waals surface area contributed by atoms with Crippen LogP contribution >= 0.6 is 16.8 Å². The molecule has 3 heterocycles. The molecule has 6 nitrogen and oxygen atoms in total. The van der Waals surface area contributed by atoms with Crippen molar-refractivity contribution in [1.82, 2.24) is 9.80 Å². The molecule has 0 saturated carbocycles. The van der Waals surface area contributed by atoms with Crippen molar-refractivity contribution in [2.75, 3.05) is 78.5 Å². The number of quaternary nitrogens is 4. The van der Waals surface area contributed by atoms with Crippen molar-refractivity contribution in [2.45, 2.75) is 0 Å². The molecule has 26 heavy (non-hydrogen) atoms. The summed E-state index contributed by atoms with van der Waals surface area (Å²) in [6.45, 7) is 14.6. The Labute approximate surface area is 205 Å². The molecule has 160 valence electrons. The van der Waals surface area contributed by atoms with Crippen LogP contribution < -0.4 is 22.1 Å². The second kappa shape index (κ2) is 27.9. The fourth-order valence-electron chi connectivity index (χ4n) is 2.54. The van der Waals surface area contributed by atoms with Crippen molar-refractivity contribution < 1.29 is 22.1 Å². The van der Waals surface area contributed by atoms with Crippen molar-refractivity contribution in [1.29, 1.82) is 0 Å². The number of nitrogens with two attached hydrogens (primary N) is 2. The van der Waals surface area contributed by atoms with Crippen LogP contribution in [-0.2, 0) is 54.0 Å². The van der Waals surface area contributed by atoms with E-state index >= 15 is 0 Å². The molecule has 3 saturated heterocycles. The standard InChI is InChI=1S/2C6H15N3.Ge2S2.4H2S/c2*7-1-4-9-5-2-8-3-6-9;1-3-2-4-1;;;;/h2*8H,1-7H2;;4*1H2. The van der Waals surface area contributed by atoms with Crippen LogP contribution in [0.2, 0.25) is 0 Å². The van der Waals surface area contributed by atoms with Crippen LogP contribution in [0.25, 0.3) is 0 Å². The summed E-state index contributed by atoms with van der Waals surface area (Å²) in [7, 11) is 4.50. The monoisotopic (exact) mass is 606 g/mol. The molecule has 3 aliphatic rings. The van der Waals surface area contributed by atoms with Gasteiger partial charge in [0.25, 0.3) is 0 Å². The molecule has 0 atom stereocenters. The van der Waals surface area contributed by atoms with Gasteiger partial charge in [-0.15, -0.1) is 0 Å². The number of rotatable bonds is 4. The van der Waals surface area contributed by atoms with Crippen LogP contribution in [0.3, 0.4) is 0 Å². The van der Waals surface area contributed by atoms with Crippen LogP contribution in [0.5, 0.6) is 0 Å². The van der Waals surface area contributed by atoms with E-state index in [-0.39, 0.29) is 54.0 Å². The number of nitrogens with zero attached hydrogens (tertiary/aromatic N) is 2. The molecule has 0 aromatic carbocycles. The molecule has 10 N–H and O–H groups in total. The Hall–Kier alpha value is 2.95. The number of piperazine rings is 2. The molecule has 0 aliphatic carbocycles. The molecule has 0 amide bonds. The van der Waals surface area contributed by atoms with Crippen LogP contribution in [0.4, 0.5) is 0 Å². The molecule has 14 heteroatoms. The van der Waals surface area contributed by atoms with Gasteiger partial charge in [0.1, 0.15) is 0 Å². The minimum atomic E-state index is 0. The van der Waals surface area contributed by atoms with Gasteiger partial charge >= 0.3 is 43.1 Å². The molecule has 4 radical (unpaired) electrons. The quantitative estimate of drug-likeness (QED) is 0.143. The zero-order valence-electron chi connectivity index (χ0n) is 15.6. The van der Waals surface area contributed by atoms with E-state index in [9.17, 15) is 0 Å². The van der Waals surface area contributed by atoms with E-state index in [0.717, 1.165) is 13.1 Å². The Morgan fingerprint density at radius 3 is 1.12 bits per heavy atom. The average molecular weight is 604 g/mol. The van der Waals surface area contributed by atoms with E-state index in [4.69, 9.17) is 0 Å². The first kappa shape index (κ1) is 36.3. The van der Waals surface area contributed by atoms with Crippen LogP contribution in [0.1, 0.15) is 0 Å². The van der Waals surface area contributed by atoms with Gasteiger partial charge in [0.05, 0.1) is 39.3 Å². The third-order valence-corrected chi connectivity index (χ3v) is 44.0. The van der Waals surface area contributed by atoms with Gasteiger partial charge in [-0.1, -0.05) is 0 Å². The Kier molecular flexibility index (Phi) is 39.0. The van der Waals surface area contributed by atoms with Gasteiger partial charge in [0, 0.05) is 39.3 Å². The molecule has 0 spiro atoms.